The number of primary amides is 1. The zero-order valence-electron chi connectivity index (χ0n) is 15.3. The molecule has 0 aliphatic carbocycles. The summed E-state index contributed by atoms with van der Waals surface area (Å²) in [6.07, 6.45) is 1.60. The third kappa shape index (κ3) is 6.40. The molecule has 0 saturated heterocycles. The lowest BCUT2D eigenvalue weighted by Crippen LogP contribution is -2.58. The number of likely N-dealkylation sites (N-methyl/N-ethyl adjacent to an activating group) is 1. The molecule has 0 fully saturated rings. The normalized spacial score (nSPS) is 19.9. The van der Waals surface area contributed by atoms with E-state index < -0.39 is 18.0 Å². The lowest BCUT2D eigenvalue weighted by Gasteiger charge is -2.30. The van der Waals surface area contributed by atoms with Crippen molar-refractivity contribution in [2.75, 3.05) is 33.2 Å². The van der Waals surface area contributed by atoms with E-state index in [9.17, 15) is 14.4 Å². The quantitative estimate of drug-likeness (QED) is 0.256. The number of hydrogen-bond acceptors (Lipinski definition) is 8. The van der Waals surface area contributed by atoms with Gasteiger partial charge in [0, 0.05) is 32.6 Å². The van der Waals surface area contributed by atoms with E-state index in [4.69, 9.17) is 11.5 Å². The van der Waals surface area contributed by atoms with E-state index in [1.807, 2.05) is 0 Å². The van der Waals surface area contributed by atoms with Crippen LogP contribution < -0.4 is 32.7 Å². The molecule has 4 amide bonds. The zero-order valence-corrected chi connectivity index (χ0v) is 15.3. The molecule has 0 spiro atoms. The highest BCUT2D eigenvalue weighted by Gasteiger charge is 2.31. The van der Waals surface area contributed by atoms with Gasteiger partial charge < -0.3 is 27.0 Å². The first-order valence-corrected chi connectivity index (χ1v) is 8.82. The Morgan fingerprint density at radius 2 is 2.15 bits per heavy atom. The Morgan fingerprint density at radius 1 is 1.37 bits per heavy atom. The molecule has 2 rings (SSSR count). The van der Waals surface area contributed by atoms with Gasteiger partial charge in [-0.3, -0.25) is 25.2 Å². The van der Waals surface area contributed by atoms with Crippen molar-refractivity contribution in [1.82, 2.24) is 26.2 Å². The van der Waals surface area contributed by atoms with Crippen LogP contribution in [0.3, 0.4) is 0 Å². The maximum absolute atomic E-state index is 12.4. The van der Waals surface area contributed by atoms with Gasteiger partial charge in [0.1, 0.15) is 6.04 Å². The number of urea groups is 1. The third-order valence-electron chi connectivity index (χ3n) is 4.22. The number of carbonyl (C=O) groups excluding carboxylic acids is 3. The predicted molar refractivity (Wildman–Crippen MR) is 99.9 cm³/mol. The molecule has 1 unspecified atom stereocenters. The van der Waals surface area contributed by atoms with Crippen molar-refractivity contribution in [3.63, 3.8) is 0 Å². The maximum atomic E-state index is 12.4. The van der Waals surface area contributed by atoms with E-state index in [-0.39, 0.29) is 30.9 Å². The monoisotopic (exact) mass is 381 g/mol. The van der Waals surface area contributed by atoms with Crippen LogP contribution in [-0.4, -0.2) is 80.0 Å². The van der Waals surface area contributed by atoms with Gasteiger partial charge in [0.25, 0.3) is 5.91 Å². The van der Waals surface area contributed by atoms with Crippen molar-refractivity contribution in [3.05, 3.63) is 0 Å². The number of nitrogens with two attached hydrogens (primary N) is 2. The second-order valence-corrected chi connectivity index (χ2v) is 6.38. The van der Waals surface area contributed by atoms with E-state index in [0.717, 1.165) is 32.0 Å². The van der Waals surface area contributed by atoms with Crippen molar-refractivity contribution in [1.29, 1.82) is 0 Å². The molecule has 2 atom stereocenters. The fraction of sp³-hybridized carbons (Fsp3) is 0.667. The van der Waals surface area contributed by atoms with Crippen LogP contribution in [0.15, 0.2) is 9.98 Å². The highest BCUT2D eigenvalue weighted by molar-refractivity contribution is 6.07. The summed E-state index contributed by atoms with van der Waals surface area (Å²) in [5.74, 6) is 0.106. The Bertz CT molecular complexity index is 634. The van der Waals surface area contributed by atoms with Gasteiger partial charge >= 0.3 is 6.03 Å². The number of nitrogens with zero attached hydrogens (tertiary/aromatic N) is 3. The standard InChI is InChI=1S/C15H27N9O3/c1-24(10-8-21-15(22-12(10)26)23-13(17)27)11(25)7-9(16)3-2-4-18-14-19-5-6-20-14/h9-10H,2-8,16H2,1H3,(H2,18,19,20)(H4,17,21,22,23,26,27)/t9-,10?/m0/s1. The van der Waals surface area contributed by atoms with E-state index in [1.165, 1.54) is 11.9 Å². The van der Waals surface area contributed by atoms with Crippen molar-refractivity contribution >= 4 is 29.8 Å². The second-order valence-electron chi connectivity index (χ2n) is 6.38. The summed E-state index contributed by atoms with van der Waals surface area (Å²) in [6, 6.07) is -1.88. The molecule has 0 bridgehead atoms. The molecular formula is C15H27N9O3. The van der Waals surface area contributed by atoms with Crippen LogP contribution in [0.2, 0.25) is 0 Å². The summed E-state index contributed by atoms with van der Waals surface area (Å²) in [6.45, 7) is 2.39. The van der Waals surface area contributed by atoms with E-state index in [1.54, 1.807) is 0 Å². The van der Waals surface area contributed by atoms with Gasteiger partial charge in [-0.25, -0.2) is 9.79 Å². The van der Waals surface area contributed by atoms with E-state index in [2.05, 4.69) is 31.3 Å². The van der Waals surface area contributed by atoms with Crippen molar-refractivity contribution < 1.29 is 14.4 Å². The van der Waals surface area contributed by atoms with Gasteiger partial charge in [0.05, 0.1) is 13.1 Å². The number of hydrogen-bond donors (Lipinski definition) is 6. The molecule has 150 valence electrons. The Morgan fingerprint density at radius 3 is 2.78 bits per heavy atom. The van der Waals surface area contributed by atoms with Crippen molar-refractivity contribution in [3.8, 4) is 0 Å². The molecule has 27 heavy (non-hydrogen) atoms. The average molecular weight is 381 g/mol. The number of carbonyl (C=O) groups is 3. The molecule has 0 radical (unpaired) electrons. The van der Waals surface area contributed by atoms with Crippen molar-refractivity contribution in [2.45, 2.75) is 31.3 Å². The zero-order chi connectivity index (χ0) is 19.8. The highest BCUT2D eigenvalue weighted by Crippen LogP contribution is 2.08. The molecule has 2 aliphatic heterocycles. The Hall–Kier alpha value is -2.89. The van der Waals surface area contributed by atoms with Crippen LogP contribution in [0.5, 0.6) is 0 Å². The number of rotatable bonds is 7. The van der Waals surface area contributed by atoms with Gasteiger partial charge in [-0.1, -0.05) is 0 Å². The topological polar surface area (TPSA) is 179 Å². The minimum Gasteiger partial charge on any atom is -0.356 e. The largest absolute Gasteiger partial charge is 0.356 e. The minimum absolute atomic E-state index is 0.0184. The molecule has 0 aromatic carbocycles. The second kappa shape index (κ2) is 9.71. The average Bonchev–Trinajstić information content (AvgIpc) is 3.11. The molecule has 8 N–H and O–H groups in total. The number of nitrogens with one attached hydrogen (secondary N) is 4. The molecule has 0 aromatic heterocycles. The highest BCUT2D eigenvalue weighted by atomic mass is 16.2. The summed E-state index contributed by atoms with van der Waals surface area (Å²) < 4.78 is 0. The van der Waals surface area contributed by atoms with Crippen LogP contribution in [0, 0.1) is 0 Å². The number of aliphatic imine (C=N–C) groups is 2. The summed E-state index contributed by atoms with van der Waals surface area (Å²) in [4.78, 5) is 44.9. The molecule has 12 heteroatoms. The molecule has 2 heterocycles. The molecular weight excluding hydrogens is 354 g/mol. The summed E-state index contributed by atoms with van der Waals surface area (Å²) in [7, 11) is 1.53. The number of amides is 4. The molecule has 12 nitrogen and oxygen atoms in total. The minimum atomic E-state index is -0.826. The predicted octanol–water partition coefficient (Wildman–Crippen LogP) is -2.99. The lowest BCUT2D eigenvalue weighted by atomic mass is 10.1. The van der Waals surface area contributed by atoms with Crippen LogP contribution in [0.1, 0.15) is 19.3 Å². The van der Waals surface area contributed by atoms with Gasteiger partial charge in [0.2, 0.25) is 11.9 Å². The Labute approximate surface area is 157 Å². The summed E-state index contributed by atoms with van der Waals surface area (Å²) in [5, 5.41) is 10.9. The van der Waals surface area contributed by atoms with Crippen LogP contribution >= 0.6 is 0 Å². The number of guanidine groups is 2. The first-order chi connectivity index (χ1) is 12.9. The molecule has 0 aromatic rings. The fourth-order valence-corrected chi connectivity index (χ4v) is 2.72. The summed E-state index contributed by atoms with van der Waals surface area (Å²) in [5.41, 5.74) is 11.0. The van der Waals surface area contributed by atoms with Crippen LogP contribution in [-0.2, 0) is 9.59 Å². The van der Waals surface area contributed by atoms with Gasteiger partial charge in [-0.2, -0.15) is 0 Å². The van der Waals surface area contributed by atoms with E-state index in [0.29, 0.717) is 6.42 Å². The van der Waals surface area contributed by atoms with Crippen molar-refractivity contribution in [2.24, 2.45) is 21.5 Å². The Kier molecular flexibility index (Phi) is 7.34. The van der Waals surface area contributed by atoms with E-state index >= 15 is 0 Å². The SMILES string of the molecule is CN(C(=O)C[C@@H](N)CCCNC1=NCCN1)C1CN=C(NC(N)=O)NC1=O. The first-order valence-electron chi connectivity index (χ1n) is 8.82. The fourth-order valence-electron chi connectivity index (χ4n) is 2.72. The van der Waals surface area contributed by atoms with Crippen LogP contribution in [0.25, 0.3) is 0 Å². The maximum Gasteiger partial charge on any atom is 0.318 e. The molecule has 0 saturated carbocycles. The lowest BCUT2D eigenvalue weighted by molar-refractivity contribution is -0.138. The molecule has 2 aliphatic rings. The third-order valence-corrected chi connectivity index (χ3v) is 4.22. The van der Waals surface area contributed by atoms with Gasteiger partial charge in [-0.05, 0) is 12.8 Å². The van der Waals surface area contributed by atoms with Crippen LogP contribution in [0.4, 0.5) is 4.79 Å². The Balaban J connectivity index is 1.71. The van der Waals surface area contributed by atoms with Gasteiger partial charge in [-0.15, -0.1) is 0 Å². The summed E-state index contributed by atoms with van der Waals surface area (Å²) >= 11 is 0. The smallest absolute Gasteiger partial charge is 0.318 e. The van der Waals surface area contributed by atoms with Gasteiger partial charge in [0.15, 0.2) is 5.96 Å². The first kappa shape index (κ1) is 20.4.